The predicted octanol–water partition coefficient (Wildman–Crippen LogP) is 0.434. The van der Waals surface area contributed by atoms with Gasteiger partial charge in [0.05, 0.1) is 17.2 Å². The molecule has 0 aliphatic rings. The van der Waals surface area contributed by atoms with E-state index in [4.69, 9.17) is 15.6 Å². The second kappa shape index (κ2) is 5.18. The third kappa shape index (κ3) is 3.11. The fraction of sp³-hybridized carbons (Fsp3) is 0.400. The van der Waals surface area contributed by atoms with Gasteiger partial charge in [-0.05, 0) is 12.1 Å². The summed E-state index contributed by atoms with van der Waals surface area (Å²) in [6.45, 7) is 0.319. The molecule has 0 fully saturated rings. The van der Waals surface area contributed by atoms with Crippen LogP contribution < -0.4 is 10.5 Å². The Kier molecular flexibility index (Phi) is 4.14. The van der Waals surface area contributed by atoms with Crippen LogP contribution in [0.4, 0.5) is 5.69 Å². The number of benzene rings is 1. The summed E-state index contributed by atoms with van der Waals surface area (Å²) in [6.07, 6.45) is 1.57. The molecule has 1 aromatic rings. The molecule has 6 heteroatoms. The van der Waals surface area contributed by atoms with Crippen LogP contribution in [0.15, 0.2) is 23.1 Å². The largest absolute Gasteiger partial charge is 0.491 e. The van der Waals surface area contributed by atoms with Crippen LogP contribution in [0.5, 0.6) is 5.75 Å². The Balaban J connectivity index is 2.96. The molecular weight excluding hydrogens is 230 g/mol. The van der Waals surface area contributed by atoms with Gasteiger partial charge in [0, 0.05) is 19.3 Å². The number of aliphatic hydroxyl groups excluding tert-OH is 1. The van der Waals surface area contributed by atoms with E-state index >= 15 is 0 Å². The van der Waals surface area contributed by atoms with Crippen LogP contribution in [-0.2, 0) is 9.84 Å². The summed E-state index contributed by atoms with van der Waals surface area (Å²) in [6, 6.07) is 4.60. The Morgan fingerprint density at radius 1 is 1.44 bits per heavy atom. The van der Waals surface area contributed by atoms with Gasteiger partial charge in [0.1, 0.15) is 5.75 Å². The zero-order valence-electron chi connectivity index (χ0n) is 9.01. The van der Waals surface area contributed by atoms with E-state index in [-0.39, 0.29) is 17.2 Å². The van der Waals surface area contributed by atoms with Crippen LogP contribution in [0.3, 0.4) is 0 Å². The van der Waals surface area contributed by atoms with Gasteiger partial charge in [-0.15, -0.1) is 0 Å². The summed E-state index contributed by atoms with van der Waals surface area (Å²) in [5, 5.41) is 8.59. The van der Waals surface area contributed by atoms with E-state index in [1.807, 2.05) is 0 Å². The average molecular weight is 245 g/mol. The average Bonchev–Trinajstić information content (AvgIpc) is 2.19. The molecule has 0 aromatic heterocycles. The highest BCUT2D eigenvalue weighted by molar-refractivity contribution is 7.90. The summed E-state index contributed by atoms with van der Waals surface area (Å²) in [5.74, 6) is 0.330. The van der Waals surface area contributed by atoms with Crippen LogP contribution in [0.1, 0.15) is 6.42 Å². The van der Waals surface area contributed by atoms with E-state index in [0.717, 1.165) is 6.26 Å². The maximum absolute atomic E-state index is 11.4. The Hall–Kier alpha value is -1.27. The number of sulfone groups is 1. The van der Waals surface area contributed by atoms with Crippen molar-refractivity contribution in [3.63, 3.8) is 0 Å². The topological polar surface area (TPSA) is 89.6 Å². The summed E-state index contributed by atoms with van der Waals surface area (Å²) >= 11 is 0. The van der Waals surface area contributed by atoms with Crippen molar-refractivity contribution in [2.24, 2.45) is 0 Å². The van der Waals surface area contributed by atoms with Crippen LogP contribution in [-0.4, -0.2) is 33.0 Å². The number of ether oxygens (including phenoxy) is 1. The summed E-state index contributed by atoms with van der Waals surface area (Å²) in [7, 11) is -3.34. The molecule has 0 heterocycles. The van der Waals surface area contributed by atoms with E-state index in [1.54, 1.807) is 12.1 Å². The van der Waals surface area contributed by atoms with Crippen molar-refractivity contribution in [3.8, 4) is 5.75 Å². The van der Waals surface area contributed by atoms with Gasteiger partial charge < -0.3 is 15.6 Å². The Labute approximate surface area is 94.8 Å². The van der Waals surface area contributed by atoms with Crippen molar-refractivity contribution < 1.29 is 18.3 Å². The highest BCUT2D eigenvalue weighted by atomic mass is 32.2. The standard InChI is InChI=1S/C10H15NO4S/c1-16(13,14)9-5-2-4-8(10(9)11)15-7-3-6-12/h2,4-5,12H,3,6-7,11H2,1H3. The summed E-state index contributed by atoms with van der Waals surface area (Å²) in [4.78, 5) is 0.0639. The van der Waals surface area contributed by atoms with E-state index in [0.29, 0.717) is 18.8 Å². The minimum Gasteiger partial charge on any atom is -0.491 e. The molecule has 90 valence electrons. The van der Waals surface area contributed by atoms with Gasteiger partial charge >= 0.3 is 0 Å². The van der Waals surface area contributed by atoms with Crippen LogP contribution in [0.25, 0.3) is 0 Å². The van der Waals surface area contributed by atoms with Crippen LogP contribution in [0, 0.1) is 0 Å². The number of hydrogen-bond donors (Lipinski definition) is 2. The van der Waals surface area contributed by atoms with Gasteiger partial charge in [-0.1, -0.05) is 6.07 Å². The minimum absolute atomic E-state index is 0.0195. The molecule has 16 heavy (non-hydrogen) atoms. The third-order valence-electron chi connectivity index (χ3n) is 1.99. The van der Waals surface area contributed by atoms with Gasteiger partial charge in [-0.25, -0.2) is 8.42 Å². The second-order valence-electron chi connectivity index (χ2n) is 3.37. The van der Waals surface area contributed by atoms with Crippen LogP contribution in [0.2, 0.25) is 0 Å². The zero-order valence-corrected chi connectivity index (χ0v) is 9.83. The monoisotopic (exact) mass is 245 g/mol. The fourth-order valence-electron chi connectivity index (χ4n) is 1.22. The Morgan fingerprint density at radius 3 is 2.69 bits per heavy atom. The molecule has 0 saturated heterocycles. The molecule has 1 aromatic carbocycles. The fourth-order valence-corrected chi connectivity index (χ4v) is 2.05. The van der Waals surface area contributed by atoms with Gasteiger partial charge in [-0.3, -0.25) is 0 Å². The molecule has 0 aliphatic heterocycles. The number of nitrogens with two attached hydrogens (primary N) is 1. The highest BCUT2D eigenvalue weighted by Crippen LogP contribution is 2.28. The molecule has 5 nitrogen and oxygen atoms in total. The van der Waals surface area contributed by atoms with Crippen molar-refractivity contribution in [2.75, 3.05) is 25.2 Å². The molecule has 0 bridgehead atoms. The first kappa shape index (κ1) is 12.8. The number of aliphatic hydroxyl groups is 1. The van der Waals surface area contributed by atoms with Crippen molar-refractivity contribution in [1.82, 2.24) is 0 Å². The van der Waals surface area contributed by atoms with Gasteiger partial charge in [0.15, 0.2) is 9.84 Å². The van der Waals surface area contributed by atoms with E-state index in [9.17, 15) is 8.42 Å². The second-order valence-corrected chi connectivity index (χ2v) is 5.35. The molecule has 0 spiro atoms. The van der Waals surface area contributed by atoms with Crippen molar-refractivity contribution in [2.45, 2.75) is 11.3 Å². The third-order valence-corrected chi connectivity index (χ3v) is 3.14. The number of rotatable bonds is 5. The lowest BCUT2D eigenvalue weighted by Crippen LogP contribution is -2.06. The minimum atomic E-state index is -3.34. The van der Waals surface area contributed by atoms with Gasteiger partial charge in [0.2, 0.25) is 0 Å². The van der Waals surface area contributed by atoms with Crippen molar-refractivity contribution in [1.29, 1.82) is 0 Å². The van der Waals surface area contributed by atoms with E-state index in [1.165, 1.54) is 6.07 Å². The lowest BCUT2D eigenvalue weighted by Gasteiger charge is -2.10. The lowest BCUT2D eigenvalue weighted by atomic mass is 10.3. The van der Waals surface area contributed by atoms with Crippen LogP contribution >= 0.6 is 0 Å². The number of para-hydroxylation sites is 1. The first-order valence-corrected chi connectivity index (χ1v) is 6.68. The Morgan fingerprint density at radius 2 is 2.12 bits per heavy atom. The summed E-state index contributed by atoms with van der Waals surface area (Å²) in [5.41, 5.74) is 5.80. The number of hydrogen-bond acceptors (Lipinski definition) is 5. The molecule has 0 saturated carbocycles. The predicted molar refractivity (Wildman–Crippen MR) is 61.2 cm³/mol. The first-order valence-electron chi connectivity index (χ1n) is 4.79. The normalized spacial score (nSPS) is 11.4. The lowest BCUT2D eigenvalue weighted by molar-refractivity contribution is 0.234. The molecule has 3 N–H and O–H groups in total. The summed E-state index contributed by atoms with van der Waals surface area (Å²) < 4.78 is 28.0. The van der Waals surface area contributed by atoms with Crippen molar-refractivity contribution in [3.05, 3.63) is 18.2 Å². The quantitative estimate of drug-likeness (QED) is 0.580. The molecule has 0 aliphatic carbocycles. The van der Waals surface area contributed by atoms with Gasteiger partial charge in [0.25, 0.3) is 0 Å². The maximum atomic E-state index is 11.4. The molecule has 0 unspecified atom stereocenters. The molecule has 1 rings (SSSR count). The first-order chi connectivity index (χ1) is 7.46. The maximum Gasteiger partial charge on any atom is 0.177 e. The smallest absolute Gasteiger partial charge is 0.177 e. The Bertz CT molecular complexity index is 456. The SMILES string of the molecule is CS(=O)(=O)c1cccc(OCCCO)c1N. The van der Waals surface area contributed by atoms with Gasteiger partial charge in [-0.2, -0.15) is 0 Å². The van der Waals surface area contributed by atoms with E-state index < -0.39 is 9.84 Å². The van der Waals surface area contributed by atoms with E-state index in [2.05, 4.69) is 0 Å². The zero-order chi connectivity index (χ0) is 12.2. The van der Waals surface area contributed by atoms with Crippen molar-refractivity contribution >= 4 is 15.5 Å². The number of nitrogen functional groups attached to an aromatic ring is 1. The molecule has 0 atom stereocenters. The molecular formula is C10H15NO4S. The number of anilines is 1. The molecule has 0 amide bonds. The highest BCUT2D eigenvalue weighted by Gasteiger charge is 2.14. The molecule has 0 radical (unpaired) electrons.